The van der Waals surface area contributed by atoms with Crippen LogP contribution in [0.2, 0.25) is 5.15 Å². The van der Waals surface area contributed by atoms with E-state index in [9.17, 15) is 4.79 Å². The van der Waals surface area contributed by atoms with Gasteiger partial charge in [-0.15, -0.1) is 0 Å². The summed E-state index contributed by atoms with van der Waals surface area (Å²) >= 11 is 5.91. The van der Waals surface area contributed by atoms with Crippen LogP contribution in [-0.2, 0) is 0 Å². The summed E-state index contributed by atoms with van der Waals surface area (Å²) in [5.41, 5.74) is 0.852. The van der Waals surface area contributed by atoms with E-state index in [1.54, 1.807) is 38.4 Å². The second kappa shape index (κ2) is 6.25. The number of carbonyl (C=O) groups excluding carboxylic acids is 1. The van der Waals surface area contributed by atoms with Gasteiger partial charge in [-0.2, -0.15) is 5.26 Å². The van der Waals surface area contributed by atoms with E-state index in [1.165, 1.54) is 17.0 Å². The maximum Gasteiger partial charge on any atom is 0.253 e. The Morgan fingerprint density at radius 2 is 2.10 bits per heavy atom. The van der Waals surface area contributed by atoms with Crippen LogP contribution in [0.4, 0.5) is 0 Å². The van der Waals surface area contributed by atoms with E-state index >= 15 is 0 Å². The Bertz CT molecular complexity index is 723. The monoisotopic (exact) mass is 301 g/mol. The first-order valence-electron chi connectivity index (χ1n) is 6.07. The van der Waals surface area contributed by atoms with Gasteiger partial charge < -0.3 is 9.64 Å². The zero-order valence-corrected chi connectivity index (χ0v) is 12.3. The van der Waals surface area contributed by atoms with Gasteiger partial charge in [0.15, 0.2) is 0 Å². The number of halogens is 1. The van der Waals surface area contributed by atoms with Crippen LogP contribution in [0.3, 0.4) is 0 Å². The maximum atomic E-state index is 11.9. The van der Waals surface area contributed by atoms with Crippen LogP contribution in [-0.4, -0.2) is 29.9 Å². The van der Waals surface area contributed by atoms with Crippen molar-refractivity contribution < 1.29 is 9.53 Å². The van der Waals surface area contributed by atoms with Crippen LogP contribution in [0.15, 0.2) is 36.4 Å². The van der Waals surface area contributed by atoms with E-state index in [1.807, 2.05) is 6.07 Å². The molecule has 1 heterocycles. The van der Waals surface area contributed by atoms with Crippen molar-refractivity contribution >= 4 is 17.5 Å². The van der Waals surface area contributed by atoms with Gasteiger partial charge in [0.2, 0.25) is 5.88 Å². The van der Waals surface area contributed by atoms with Gasteiger partial charge in [0.25, 0.3) is 5.91 Å². The Balaban J connectivity index is 2.32. The van der Waals surface area contributed by atoms with E-state index in [2.05, 4.69) is 4.98 Å². The average molecular weight is 302 g/mol. The lowest BCUT2D eigenvalue weighted by Crippen LogP contribution is -2.21. The number of nitriles is 1. The molecule has 2 rings (SSSR count). The summed E-state index contributed by atoms with van der Waals surface area (Å²) in [4.78, 5) is 17.4. The molecule has 0 unspecified atom stereocenters. The highest BCUT2D eigenvalue weighted by atomic mass is 35.5. The quantitative estimate of drug-likeness (QED) is 0.817. The van der Waals surface area contributed by atoms with Gasteiger partial charge in [0, 0.05) is 25.7 Å². The van der Waals surface area contributed by atoms with Crippen molar-refractivity contribution in [2.24, 2.45) is 0 Å². The third-order valence-electron chi connectivity index (χ3n) is 2.61. The Morgan fingerprint density at radius 1 is 1.33 bits per heavy atom. The third-order valence-corrected chi connectivity index (χ3v) is 2.80. The van der Waals surface area contributed by atoms with Gasteiger partial charge in [-0.05, 0) is 24.3 Å². The first-order valence-corrected chi connectivity index (χ1v) is 6.44. The summed E-state index contributed by atoms with van der Waals surface area (Å²) in [6.45, 7) is 0. The van der Waals surface area contributed by atoms with Crippen molar-refractivity contribution in [3.8, 4) is 17.7 Å². The molecule has 0 spiro atoms. The fraction of sp³-hybridized carbons (Fsp3) is 0.133. The van der Waals surface area contributed by atoms with E-state index in [4.69, 9.17) is 21.6 Å². The molecule has 0 aliphatic carbocycles. The maximum absolute atomic E-state index is 11.9. The molecule has 21 heavy (non-hydrogen) atoms. The molecular weight excluding hydrogens is 290 g/mol. The zero-order chi connectivity index (χ0) is 15.4. The predicted molar refractivity (Wildman–Crippen MR) is 78.5 cm³/mol. The van der Waals surface area contributed by atoms with Crippen molar-refractivity contribution in [2.75, 3.05) is 14.1 Å². The van der Waals surface area contributed by atoms with Crippen LogP contribution >= 0.6 is 11.6 Å². The zero-order valence-electron chi connectivity index (χ0n) is 11.5. The number of pyridine rings is 1. The van der Waals surface area contributed by atoms with E-state index in [0.717, 1.165) is 0 Å². The molecule has 6 heteroatoms. The van der Waals surface area contributed by atoms with Crippen LogP contribution in [0, 0.1) is 11.3 Å². The average Bonchev–Trinajstić information content (AvgIpc) is 2.45. The van der Waals surface area contributed by atoms with Gasteiger partial charge in [0.05, 0.1) is 11.6 Å². The molecular formula is C15H12ClN3O2. The van der Waals surface area contributed by atoms with E-state index < -0.39 is 0 Å². The molecule has 0 saturated heterocycles. The highest BCUT2D eigenvalue weighted by Gasteiger charge is 2.12. The Labute approximate surface area is 127 Å². The number of rotatable bonds is 3. The smallest absolute Gasteiger partial charge is 0.253 e. The molecule has 0 atom stereocenters. The summed E-state index contributed by atoms with van der Waals surface area (Å²) < 4.78 is 5.55. The minimum Gasteiger partial charge on any atom is -0.439 e. The fourth-order valence-corrected chi connectivity index (χ4v) is 1.86. The molecule has 0 aliphatic rings. The molecule has 1 amide bonds. The Hall–Kier alpha value is -2.58. The number of benzene rings is 1. The first-order chi connectivity index (χ1) is 9.99. The summed E-state index contributed by atoms with van der Waals surface area (Å²) in [5.74, 6) is 0.449. The molecule has 1 aromatic carbocycles. The molecule has 0 saturated carbocycles. The minimum absolute atomic E-state index is 0.161. The van der Waals surface area contributed by atoms with E-state index in [0.29, 0.717) is 16.9 Å². The van der Waals surface area contributed by atoms with Crippen molar-refractivity contribution in [2.45, 2.75) is 0 Å². The predicted octanol–water partition coefficient (Wildman–Crippen LogP) is 3.10. The highest BCUT2D eigenvalue weighted by Crippen LogP contribution is 2.24. The van der Waals surface area contributed by atoms with Crippen LogP contribution in [0.5, 0.6) is 11.6 Å². The van der Waals surface area contributed by atoms with Gasteiger partial charge in [0.1, 0.15) is 10.9 Å². The van der Waals surface area contributed by atoms with Gasteiger partial charge in [-0.1, -0.05) is 17.7 Å². The lowest BCUT2D eigenvalue weighted by atomic mass is 10.2. The van der Waals surface area contributed by atoms with Gasteiger partial charge in [-0.3, -0.25) is 4.79 Å². The summed E-state index contributed by atoms with van der Waals surface area (Å²) in [7, 11) is 3.29. The topological polar surface area (TPSA) is 66.2 Å². The normalized spacial score (nSPS) is 9.81. The van der Waals surface area contributed by atoms with Crippen molar-refractivity contribution in [3.63, 3.8) is 0 Å². The van der Waals surface area contributed by atoms with E-state index in [-0.39, 0.29) is 16.9 Å². The summed E-state index contributed by atoms with van der Waals surface area (Å²) in [5, 5.41) is 9.02. The third kappa shape index (κ3) is 3.71. The summed E-state index contributed by atoms with van der Waals surface area (Å²) in [6, 6.07) is 11.6. The summed E-state index contributed by atoms with van der Waals surface area (Å²) in [6.07, 6.45) is 0. The minimum atomic E-state index is -0.199. The molecule has 2 aromatic rings. The molecule has 0 fully saturated rings. The molecule has 0 aliphatic heterocycles. The molecule has 0 bridgehead atoms. The van der Waals surface area contributed by atoms with Gasteiger partial charge >= 0.3 is 0 Å². The number of nitrogens with zero attached hydrogens (tertiary/aromatic N) is 3. The fourth-order valence-electron chi connectivity index (χ4n) is 1.66. The number of hydrogen-bond donors (Lipinski definition) is 0. The second-order valence-corrected chi connectivity index (χ2v) is 4.85. The van der Waals surface area contributed by atoms with Crippen molar-refractivity contribution in [1.82, 2.24) is 9.88 Å². The standard InChI is InChI=1S/C15H12ClN3O2/c1-19(2)15(20)11-7-13(16)18-14(8-11)21-12-5-3-4-10(6-12)9-17/h3-8H,1-2H3. The number of amides is 1. The Morgan fingerprint density at radius 3 is 2.76 bits per heavy atom. The van der Waals surface area contributed by atoms with Crippen molar-refractivity contribution in [3.05, 3.63) is 52.7 Å². The van der Waals surface area contributed by atoms with Gasteiger partial charge in [-0.25, -0.2) is 4.98 Å². The number of carbonyl (C=O) groups is 1. The highest BCUT2D eigenvalue weighted by molar-refractivity contribution is 6.29. The number of aromatic nitrogens is 1. The molecule has 0 N–H and O–H groups in total. The molecule has 0 radical (unpaired) electrons. The van der Waals surface area contributed by atoms with Crippen LogP contribution in [0.25, 0.3) is 0 Å². The molecule has 1 aromatic heterocycles. The largest absolute Gasteiger partial charge is 0.439 e. The second-order valence-electron chi connectivity index (χ2n) is 4.46. The SMILES string of the molecule is CN(C)C(=O)c1cc(Cl)nc(Oc2cccc(C#N)c2)c1. The number of ether oxygens (including phenoxy) is 1. The first kappa shape index (κ1) is 14.8. The molecule has 5 nitrogen and oxygen atoms in total. The molecule has 106 valence electrons. The number of hydrogen-bond acceptors (Lipinski definition) is 4. The lowest BCUT2D eigenvalue weighted by Gasteiger charge is -2.12. The van der Waals surface area contributed by atoms with Crippen LogP contribution in [0.1, 0.15) is 15.9 Å². The van der Waals surface area contributed by atoms with Crippen LogP contribution < -0.4 is 4.74 Å². The lowest BCUT2D eigenvalue weighted by molar-refractivity contribution is 0.0827. The Kier molecular flexibility index (Phi) is 4.41. The van der Waals surface area contributed by atoms with Crippen molar-refractivity contribution in [1.29, 1.82) is 5.26 Å².